The van der Waals surface area contributed by atoms with Crippen molar-refractivity contribution in [3.05, 3.63) is 71.8 Å². The number of nitrogens with zero attached hydrogens (tertiary/aromatic N) is 2. The van der Waals surface area contributed by atoms with Gasteiger partial charge in [-0.3, -0.25) is 4.90 Å². The molecule has 1 heterocycles. The first kappa shape index (κ1) is 17.5. The van der Waals surface area contributed by atoms with Crippen molar-refractivity contribution in [1.82, 2.24) is 9.80 Å². The fourth-order valence-electron chi connectivity index (χ4n) is 3.38. The SMILES string of the molecule is CCOC(=O)N1CCN(Cc2ccccc2)C(Cc2ccccc2)C1. The summed E-state index contributed by atoms with van der Waals surface area (Å²) in [5.41, 5.74) is 2.61. The Kier molecular flexibility index (Phi) is 6.07. The lowest BCUT2D eigenvalue weighted by atomic mass is 10.0. The summed E-state index contributed by atoms with van der Waals surface area (Å²) in [5, 5.41) is 0. The first-order valence-corrected chi connectivity index (χ1v) is 9.00. The van der Waals surface area contributed by atoms with Gasteiger partial charge in [0.1, 0.15) is 0 Å². The molecule has 1 amide bonds. The van der Waals surface area contributed by atoms with E-state index >= 15 is 0 Å². The molecule has 0 N–H and O–H groups in total. The van der Waals surface area contributed by atoms with Crippen molar-refractivity contribution in [3.63, 3.8) is 0 Å². The third kappa shape index (κ3) is 4.83. The topological polar surface area (TPSA) is 32.8 Å². The van der Waals surface area contributed by atoms with E-state index in [4.69, 9.17) is 4.74 Å². The molecule has 0 aliphatic carbocycles. The second kappa shape index (κ2) is 8.67. The zero-order chi connectivity index (χ0) is 17.5. The van der Waals surface area contributed by atoms with Crippen molar-refractivity contribution in [2.45, 2.75) is 25.9 Å². The molecule has 4 nitrogen and oxygen atoms in total. The summed E-state index contributed by atoms with van der Waals surface area (Å²) >= 11 is 0. The van der Waals surface area contributed by atoms with Crippen LogP contribution in [0.2, 0.25) is 0 Å². The lowest BCUT2D eigenvalue weighted by Crippen LogP contribution is -2.55. The van der Waals surface area contributed by atoms with Gasteiger partial charge in [0, 0.05) is 32.2 Å². The van der Waals surface area contributed by atoms with Gasteiger partial charge < -0.3 is 9.64 Å². The van der Waals surface area contributed by atoms with Crippen LogP contribution in [0.5, 0.6) is 0 Å². The predicted molar refractivity (Wildman–Crippen MR) is 99.4 cm³/mol. The standard InChI is InChI=1S/C21H26N2O2/c1-2-25-21(24)23-14-13-22(16-19-11-7-4-8-12-19)20(17-23)15-18-9-5-3-6-10-18/h3-12,20H,2,13-17H2,1H3. The number of amides is 1. The first-order valence-electron chi connectivity index (χ1n) is 9.00. The lowest BCUT2D eigenvalue weighted by molar-refractivity contribution is 0.0490. The molecule has 0 bridgehead atoms. The summed E-state index contributed by atoms with van der Waals surface area (Å²) in [5.74, 6) is 0. The van der Waals surface area contributed by atoms with Crippen molar-refractivity contribution in [3.8, 4) is 0 Å². The molecule has 0 aromatic heterocycles. The summed E-state index contributed by atoms with van der Waals surface area (Å²) in [7, 11) is 0. The number of ether oxygens (including phenoxy) is 1. The Balaban J connectivity index is 1.72. The predicted octanol–water partition coefficient (Wildman–Crippen LogP) is 3.57. The first-order chi connectivity index (χ1) is 12.3. The van der Waals surface area contributed by atoms with Crippen LogP contribution >= 0.6 is 0 Å². The molecule has 1 saturated heterocycles. The molecule has 132 valence electrons. The maximum Gasteiger partial charge on any atom is 0.409 e. The Labute approximate surface area is 150 Å². The number of benzene rings is 2. The van der Waals surface area contributed by atoms with Gasteiger partial charge in [-0.25, -0.2) is 4.79 Å². The van der Waals surface area contributed by atoms with Crippen molar-refractivity contribution in [1.29, 1.82) is 0 Å². The quantitative estimate of drug-likeness (QED) is 0.835. The van der Waals surface area contributed by atoms with E-state index < -0.39 is 0 Å². The van der Waals surface area contributed by atoms with Crippen LogP contribution in [-0.2, 0) is 17.7 Å². The van der Waals surface area contributed by atoms with Gasteiger partial charge in [-0.1, -0.05) is 60.7 Å². The highest BCUT2D eigenvalue weighted by atomic mass is 16.6. The summed E-state index contributed by atoms with van der Waals surface area (Å²) < 4.78 is 5.20. The Hall–Kier alpha value is -2.33. The number of carbonyl (C=O) groups excluding carboxylic acids is 1. The van der Waals surface area contributed by atoms with Gasteiger partial charge in [-0.05, 0) is 24.5 Å². The van der Waals surface area contributed by atoms with Crippen molar-refractivity contribution >= 4 is 6.09 Å². The number of rotatable bonds is 5. The van der Waals surface area contributed by atoms with Gasteiger partial charge in [0.15, 0.2) is 0 Å². The monoisotopic (exact) mass is 338 g/mol. The fourth-order valence-corrected chi connectivity index (χ4v) is 3.38. The van der Waals surface area contributed by atoms with Crippen molar-refractivity contribution < 1.29 is 9.53 Å². The largest absolute Gasteiger partial charge is 0.450 e. The zero-order valence-electron chi connectivity index (χ0n) is 14.8. The lowest BCUT2D eigenvalue weighted by Gasteiger charge is -2.41. The minimum atomic E-state index is -0.195. The maximum atomic E-state index is 12.1. The van der Waals surface area contributed by atoms with Gasteiger partial charge >= 0.3 is 6.09 Å². The molecule has 25 heavy (non-hydrogen) atoms. The molecular weight excluding hydrogens is 312 g/mol. The van der Waals surface area contributed by atoms with Crippen LogP contribution in [-0.4, -0.2) is 48.2 Å². The minimum Gasteiger partial charge on any atom is -0.450 e. The van der Waals surface area contributed by atoms with E-state index in [1.165, 1.54) is 11.1 Å². The third-order valence-corrected chi connectivity index (χ3v) is 4.67. The molecular formula is C21H26N2O2. The van der Waals surface area contributed by atoms with Gasteiger partial charge in [0.05, 0.1) is 6.61 Å². The molecule has 0 radical (unpaired) electrons. The molecule has 3 rings (SSSR count). The zero-order valence-corrected chi connectivity index (χ0v) is 14.8. The average molecular weight is 338 g/mol. The Morgan fingerprint density at radius 3 is 2.28 bits per heavy atom. The van der Waals surface area contributed by atoms with Crippen LogP contribution in [0.3, 0.4) is 0 Å². The number of piperazine rings is 1. The average Bonchev–Trinajstić information content (AvgIpc) is 2.65. The van der Waals surface area contributed by atoms with Crippen LogP contribution < -0.4 is 0 Å². The Bertz CT molecular complexity index is 660. The summed E-state index contributed by atoms with van der Waals surface area (Å²) in [6.07, 6.45) is 0.740. The molecule has 0 saturated carbocycles. The van der Waals surface area contributed by atoms with Crippen molar-refractivity contribution in [2.24, 2.45) is 0 Å². The number of hydrogen-bond donors (Lipinski definition) is 0. The van der Waals surface area contributed by atoms with E-state index in [1.54, 1.807) is 0 Å². The van der Waals surface area contributed by atoms with E-state index in [0.717, 1.165) is 26.1 Å². The van der Waals surface area contributed by atoms with E-state index in [0.29, 0.717) is 19.2 Å². The van der Waals surface area contributed by atoms with Crippen LogP contribution in [0.1, 0.15) is 18.1 Å². The maximum absolute atomic E-state index is 12.1. The van der Waals surface area contributed by atoms with Crippen LogP contribution in [0, 0.1) is 0 Å². The minimum absolute atomic E-state index is 0.195. The van der Waals surface area contributed by atoms with Crippen LogP contribution in [0.15, 0.2) is 60.7 Å². The van der Waals surface area contributed by atoms with Gasteiger partial charge in [-0.2, -0.15) is 0 Å². The second-order valence-electron chi connectivity index (χ2n) is 6.44. The summed E-state index contributed by atoms with van der Waals surface area (Å²) in [6, 6.07) is 21.3. The molecule has 2 aromatic carbocycles. The van der Waals surface area contributed by atoms with Crippen LogP contribution in [0.25, 0.3) is 0 Å². The molecule has 1 aliphatic rings. The smallest absolute Gasteiger partial charge is 0.409 e. The highest BCUT2D eigenvalue weighted by molar-refractivity contribution is 5.67. The summed E-state index contributed by atoms with van der Waals surface area (Å²) in [4.78, 5) is 16.5. The molecule has 1 aliphatic heterocycles. The van der Waals surface area contributed by atoms with Crippen molar-refractivity contribution in [2.75, 3.05) is 26.2 Å². The molecule has 2 aromatic rings. The number of hydrogen-bond acceptors (Lipinski definition) is 3. The molecule has 1 fully saturated rings. The third-order valence-electron chi connectivity index (χ3n) is 4.67. The molecule has 1 atom stereocenters. The Morgan fingerprint density at radius 1 is 1.00 bits per heavy atom. The molecule has 1 unspecified atom stereocenters. The highest BCUT2D eigenvalue weighted by Crippen LogP contribution is 2.18. The van der Waals surface area contributed by atoms with E-state index in [9.17, 15) is 4.79 Å². The van der Waals surface area contributed by atoms with Gasteiger partial charge in [0.25, 0.3) is 0 Å². The van der Waals surface area contributed by atoms with E-state index in [-0.39, 0.29) is 6.09 Å². The van der Waals surface area contributed by atoms with Crippen LogP contribution in [0.4, 0.5) is 4.79 Å². The highest BCUT2D eigenvalue weighted by Gasteiger charge is 2.30. The fraction of sp³-hybridized carbons (Fsp3) is 0.381. The normalized spacial score (nSPS) is 18.1. The van der Waals surface area contributed by atoms with E-state index in [2.05, 4.69) is 53.4 Å². The Morgan fingerprint density at radius 2 is 1.64 bits per heavy atom. The summed E-state index contributed by atoms with van der Waals surface area (Å²) in [6.45, 7) is 5.48. The number of carbonyl (C=O) groups is 1. The molecule has 0 spiro atoms. The van der Waals surface area contributed by atoms with Gasteiger partial charge in [-0.15, -0.1) is 0 Å². The molecule has 4 heteroatoms. The van der Waals surface area contributed by atoms with Gasteiger partial charge in [0.2, 0.25) is 0 Å². The van der Waals surface area contributed by atoms with E-state index in [1.807, 2.05) is 24.0 Å². The second-order valence-corrected chi connectivity index (χ2v) is 6.44.